The molecule has 0 amide bonds. The quantitative estimate of drug-likeness (QED) is 0.465. The van der Waals surface area contributed by atoms with Crippen molar-refractivity contribution in [2.45, 2.75) is 38.8 Å². The van der Waals surface area contributed by atoms with E-state index in [0.29, 0.717) is 6.04 Å². The maximum Gasteiger partial charge on any atom is 0.0607 e. The normalized spacial score (nSPS) is 16.8. The second-order valence-corrected chi connectivity index (χ2v) is 7.91. The Morgan fingerprint density at radius 1 is 1.04 bits per heavy atom. The fraction of sp³-hybridized carbons (Fsp3) is 0.320. The summed E-state index contributed by atoms with van der Waals surface area (Å²) in [5.74, 6) is 0. The van der Waals surface area contributed by atoms with E-state index in [0.717, 1.165) is 19.5 Å². The van der Waals surface area contributed by atoms with Gasteiger partial charge in [0.15, 0.2) is 0 Å². The standard InChI is InChI=1S/C25H27N3/c1-3-28(23-15-7-9-18-11-8-16-26-24(18)23)17-19-10-6-13-21-20-12-4-5-14-22(20)27(2)25(19)21/h4-6,8,10-14,16,23H,3,7,9,15,17H2,1-2H3. The third kappa shape index (κ3) is 2.73. The molecule has 142 valence electrons. The summed E-state index contributed by atoms with van der Waals surface area (Å²) in [5, 5.41) is 2.70. The highest BCUT2D eigenvalue weighted by atomic mass is 15.2. The molecule has 3 nitrogen and oxygen atoms in total. The Bertz CT molecular complexity index is 1140. The van der Waals surface area contributed by atoms with Crippen LogP contribution in [0.15, 0.2) is 60.8 Å². The van der Waals surface area contributed by atoms with Gasteiger partial charge < -0.3 is 4.57 Å². The lowest BCUT2D eigenvalue weighted by molar-refractivity contribution is 0.175. The number of nitrogens with zero attached hydrogens (tertiary/aromatic N) is 3. The van der Waals surface area contributed by atoms with Gasteiger partial charge in [0.1, 0.15) is 0 Å². The fourth-order valence-electron chi connectivity index (χ4n) is 5.05. The highest BCUT2D eigenvalue weighted by Gasteiger charge is 2.27. The first-order valence-electron chi connectivity index (χ1n) is 10.4. The average Bonchev–Trinajstić information content (AvgIpc) is 3.05. The highest BCUT2D eigenvalue weighted by molar-refractivity contribution is 6.08. The summed E-state index contributed by atoms with van der Waals surface area (Å²) in [7, 11) is 2.20. The first-order chi connectivity index (χ1) is 13.8. The van der Waals surface area contributed by atoms with E-state index in [4.69, 9.17) is 4.98 Å². The third-order valence-electron chi connectivity index (χ3n) is 6.40. The average molecular weight is 370 g/mol. The summed E-state index contributed by atoms with van der Waals surface area (Å²) >= 11 is 0. The van der Waals surface area contributed by atoms with E-state index in [-0.39, 0.29) is 0 Å². The van der Waals surface area contributed by atoms with Crippen molar-refractivity contribution in [2.24, 2.45) is 7.05 Å². The van der Waals surface area contributed by atoms with Crippen molar-refractivity contribution in [3.8, 4) is 0 Å². The SMILES string of the molecule is CCN(Cc1cccc2c3ccccc3n(C)c12)C1CCCc2cccnc21. The Labute approximate surface area is 166 Å². The Morgan fingerprint density at radius 3 is 2.79 bits per heavy atom. The minimum absolute atomic E-state index is 0.417. The van der Waals surface area contributed by atoms with Gasteiger partial charge in [0.05, 0.1) is 17.3 Å². The molecule has 0 bridgehead atoms. The molecule has 3 heteroatoms. The van der Waals surface area contributed by atoms with E-state index < -0.39 is 0 Å². The van der Waals surface area contributed by atoms with Gasteiger partial charge in [0.25, 0.3) is 0 Å². The van der Waals surface area contributed by atoms with Crippen LogP contribution in [0.4, 0.5) is 0 Å². The molecule has 0 fully saturated rings. The minimum atomic E-state index is 0.417. The van der Waals surface area contributed by atoms with Crippen LogP contribution in [-0.2, 0) is 20.0 Å². The van der Waals surface area contributed by atoms with E-state index in [1.54, 1.807) is 0 Å². The highest BCUT2D eigenvalue weighted by Crippen LogP contribution is 2.35. The van der Waals surface area contributed by atoms with Crippen LogP contribution in [0.1, 0.15) is 42.6 Å². The van der Waals surface area contributed by atoms with Gasteiger partial charge in [-0.3, -0.25) is 9.88 Å². The number of fused-ring (bicyclic) bond motifs is 4. The van der Waals surface area contributed by atoms with Crippen LogP contribution in [0, 0.1) is 0 Å². The zero-order valence-corrected chi connectivity index (χ0v) is 16.7. The number of para-hydroxylation sites is 2. The molecule has 0 saturated carbocycles. The van der Waals surface area contributed by atoms with Crippen molar-refractivity contribution in [1.29, 1.82) is 0 Å². The Kier molecular flexibility index (Phi) is 4.40. The molecule has 2 heterocycles. The molecule has 1 atom stereocenters. The number of pyridine rings is 1. The Morgan fingerprint density at radius 2 is 1.89 bits per heavy atom. The summed E-state index contributed by atoms with van der Waals surface area (Å²) in [5.41, 5.74) is 6.79. The van der Waals surface area contributed by atoms with Crippen molar-refractivity contribution in [2.75, 3.05) is 6.54 Å². The summed E-state index contributed by atoms with van der Waals surface area (Å²) in [6.07, 6.45) is 5.56. The molecule has 0 spiro atoms. The first kappa shape index (κ1) is 17.4. The number of rotatable bonds is 4. The monoisotopic (exact) mass is 369 g/mol. The molecule has 1 aliphatic rings. The number of aromatic nitrogens is 2. The maximum atomic E-state index is 4.78. The molecule has 4 aromatic rings. The van der Waals surface area contributed by atoms with E-state index in [1.165, 1.54) is 51.5 Å². The molecule has 2 aromatic carbocycles. The van der Waals surface area contributed by atoms with Gasteiger partial charge in [-0.15, -0.1) is 0 Å². The van der Waals surface area contributed by atoms with Crippen molar-refractivity contribution >= 4 is 21.8 Å². The number of benzene rings is 2. The van der Waals surface area contributed by atoms with Gasteiger partial charge in [0.2, 0.25) is 0 Å². The largest absolute Gasteiger partial charge is 0.343 e. The van der Waals surface area contributed by atoms with Crippen molar-refractivity contribution in [3.05, 3.63) is 77.6 Å². The summed E-state index contributed by atoms with van der Waals surface area (Å²) in [4.78, 5) is 7.39. The Balaban J connectivity index is 1.58. The second kappa shape index (κ2) is 7.06. The number of hydrogen-bond donors (Lipinski definition) is 0. The van der Waals surface area contributed by atoms with Gasteiger partial charge in [-0.25, -0.2) is 0 Å². The molecule has 0 radical (unpaired) electrons. The predicted molar refractivity (Wildman–Crippen MR) is 116 cm³/mol. The summed E-state index contributed by atoms with van der Waals surface area (Å²) in [6, 6.07) is 20.2. The molecule has 5 rings (SSSR count). The van der Waals surface area contributed by atoms with Gasteiger partial charge in [-0.2, -0.15) is 0 Å². The van der Waals surface area contributed by atoms with E-state index >= 15 is 0 Å². The van der Waals surface area contributed by atoms with Crippen LogP contribution in [0.25, 0.3) is 21.8 Å². The van der Waals surface area contributed by atoms with Crippen LogP contribution in [-0.4, -0.2) is 21.0 Å². The third-order valence-corrected chi connectivity index (χ3v) is 6.40. The van der Waals surface area contributed by atoms with Crippen LogP contribution >= 0.6 is 0 Å². The van der Waals surface area contributed by atoms with Crippen LogP contribution in [0.2, 0.25) is 0 Å². The lowest BCUT2D eigenvalue weighted by Crippen LogP contribution is -2.31. The van der Waals surface area contributed by atoms with E-state index in [1.807, 2.05) is 6.20 Å². The van der Waals surface area contributed by atoms with Gasteiger partial charge >= 0.3 is 0 Å². The van der Waals surface area contributed by atoms with E-state index in [9.17, 15) is 0 Å². The second-order valence-electron chi connectivity index (χ2n) is 7.91. The molecule has 0 saturated heterocycles. The fourth-order valence-corrected chi connectivity index (χ4v) is 5.05. The lowest BCUT2D eigenvalue weighted by atomic mass is 9.90. The maximum absolute atomic E-state index is 4.78. The van der Waals surface area contributed by atoms with Gasteiger partial charge in [-0.1, -0.05) is 49.4 Å². The molecular formula is C25H27N3. The summed E-state index contributed by atoms with van der Waals surface area (Å²) in [6.45, 7) is 4.26. The molecular weight excluding hydrogens is 342 g/mol. The van der Waals surface area contributed by atoms with Gasteiger partial charge in [-0.05, 0) is 49.1 Å². The molecule has 0 N–H and O–H groups in total. The predicted octanol–water partition coefficient (Wildman–Crippen LogP) is 5.63. The van der Waals surface area contributed by atoms with Crippen LogP contribution < -0.4 is 0 Å². The zero-order valence-electron chi connectivity index (χ0n) is 16.7. The van der Waals surface area contributed by atoms with Crippen molar-refractivity contribution < 1.29 is 0 Å². The molecule has 1 aliphatic carbocycles. The van der Waals surface area contributed by atoms with Gasteiger partial charge in [0, 0.05) is 36.1 Å². The molecule has 2 aromatic heterocycles. The molecule has 1 unspecified atom stereocenters. The van der Waals surface area contributed by atoms with Crippen LogP contribution in [0.3, 0.4) is 0 Å². The summed E-state index contributed by atoms with van der Waals surface area (Å²) < 4.78 is 2.36. The van der Waals surface area contributed by atoms with Crippen LogP contribution in [0.5, 0.6) is 0 Å². The van der Waals surface area contributed by atoms with Crippen molar-refractivity contribution in [3.63, 3.8) is 0 Å². The first-order valence-corrected chi connectivity index (χ1v) is 10.4. The smallest absolute Gasteiger partial charge is 0.0607 e. The number of hydrogen-bond acceptors (Lipinski definition) is 2. The van der Waals surface area contributed by atoms with Crippen molar-refractivity contribution in [1.82, 2.24) is 14.5 Å². The Hall–Kier alpha value is -2.65. The molecule has 0 aliphatic heterocycles. The molecule has 28 heavy (non-hydrogen) atoms. The topological polar surface area (TPSA) is 21.1 Å². The zero-order chi connectivity index (χ0) is 19.1. The lowest BCUT2D eigenvalue weighted by Gasteiger charge is -2.34. The minimum Gasteiger partial charge on any atom is -0.343 e. The van der Waals surface area contributed by atoms with E-state index in [2.05, 4.69) is 78.0 Å². The number of aryl methyl sites for hydroxylation is 2.